The normalized spacial score (nSPS) is 15.0. The smallest absolute Gasteiger partial charge is 0.257 e. The standard InChI is InChI=1S/C15H16ClN3O2.ClH/c16-9-3-4-10-11(7-9)15(21)18-14(17)13(10)12(20)8-19-5-1-2-6-19;/h3-4,7H,1-2,5-6,8H2,(H3,17,18,21);1H. The van der Waals surface area contributed by atoms with E-state index in [2.05, 4.69) is 9.88 Å². The van der Waals surface area contributed by atoms with E-state index < -0.39 is 0 Å². The molecule has 0 radical (unpaired) electrons. The third-order valence-electron chi connectivity index (χ3n) is 3.86. The van der Waals surface area contributed by atoms with Gasteiger partial charge in [0, 0.05) is 15.8 Å². The number of fused-ring (bicyclic) bond motifs is 1. The van der Waals surface area contributed by atoms with Gasteiger partial charge in [0.05, 0.1) is 12.1 Å². The van der Waals surface area contributed by atoms with Crippen molar-refractivity contribution in [3.8, 4) is 0 Å². The van der Waals surface area contributed by atoms with E-state index in [0.717, 1.165) is 25.9 Å². The first kappa shape index (κ1) is 16.8. The molecule has 1 aliphatic heterocycles. The van der Waals surface area contributed by atoms with Gasteiger partial charge < -0.3 is 10.7 Å². The summed E-state index contributed by atoms with van der Waals surface area (Å²) in [6.07, 6.45) is 2.23. The zero-order valence-electron chi connectivity index (χ0n) is 11.9. The Kier molecular flexibility index (Phi) is 5.11. The maximum Gasteiger partial charge on any atom is 0.257 e. The fraction of sp³-hybridized carbons (Fsp3) is 0.333. The minimum absolute atomic E-state index is 0. The molecule has 0 saturated carbocycles. The third-order valence-corrected chi connectivity index (χ3v) is 4.09. The molecule has 1 aromatic carbocycles. The van der Waals surface area contributed by atoms with E-state index in [-0.39, 0.29) is 29.6 Å². The van der Waals surface area contributed by atoms with Crippen molar-refractivity contribution in [1.82, 2.24) is 9.88 Å². The van der Waals surface area contributed by atoms with Crippen molar-refractivity contribution >= 4 is 46.4 Å². The summed E-state index contributed by atoms with van der Waals surface area (Å²) >= 11 is 5.92. The Hall–Kier alpha value is -1.56. The molecule has 5 nitrogen and oxygen atoms in total. The molecule has 0 unspecified atom stereocenters. The lowest BCUT2D eigenvalue weighted by molar-refractivity contribution is 0.0947. The van der Waals surface area contributed by atoms with Crippen LogP contribution in [0.4, 0.5) is 5.82 Å². The number of halogens is 2. The van der Waals surface area contributed by atoms with Crippen molar-refractivity contribution in [3.05, 3.63) is 39.1 Å². The number of nitrogens with zero attached hydrogens (tertiary/aromatic N) is 1. The Morgan fingerprint density at radius 1 is 1.27 bits per heavy atom. The first-order valence-corrected chi connectivity index (χ1v) is 7.30. The maximum absolute atomic E-state index is 12.6. The molecule has 0 spiro atoms. The van der Waals surface area contributed by atoms with E-state index in [1.807, 2.05) is 0 Å². The maximum atomic E-state index is 12.6. The van der Waals surface area contributed by atoms with Crippen molar-refractivity contribution in [2.45, 2.75) is 12.8 Å². The molecule has 2 aromatic rings. The number of aromatic nitrogens is 1. The molecule has 1 aliphatic rings. The van der Waals surface area contributed by atoms with E-state index in [0.29, 0.717) is 27.9 Å². The van der Waals surface area contributed by atoms with Crippen LogP contribution in [0.5, 0.6) is 0 Å². The summed E-state index contributed by atoms with van der Waals surface area (Å²) in [5.74, 6) is 0.0528. The molecule has 0 bridgehead atoms. The fourth-order valence-corrected chi connectivity index (χ4v) is 3.01. The quantitative estimate of drug-likeness (QED) is 0.840. The summed E-state index contributed by atoms with van der Waals surface area (Å²) < 4.78 is 0. The Labute approximate surface area is 138 Å². The van der Waals surface area contributed by atoms with Gasteiger partial charge in [-0.15, -0.1) is 12.4 Å². The lowest BCUT2D eigenvalue weighted by Crippen LogP contribution is -2.28. The number of likely N-dealkylation sites (tertiary alicyclic amines) is 1. The molecule has 22 heavy (non-hydrogen) atoms. The molecule has 2 heterocycles. The van der Waals surface area contributed by atoms with Crippen LogP contribution in [-0.4, -0.2) is 35.3 Å². The number of pyridine rings is 1. The first-order chi connectivity index (χ1) is 10.1. The molecular weight excluding hydrogens is 325 g/mol. The Morgan fingerprint density at radius 2 is 1.95 bits per heavy atom. The van der Waals surface area contributed by atoms with Crippen LogP contribution in [0.2, 0.25) is 5.02 Å². The number of nitrogens with two attached hydrogens (primary N) is 1. The van der Waals surface area contributed by atoms with Gasteiger partial charge in [-0.3, -0.25) is 14.5 Å². The Balaban J connectivity index is 0.00000176. The number of benzene rings is 1. The van der Waals surface area contributed by atoms with E-state index in [1.165, 1.54) is 0 Å². The van der Waals surface area contributed by atoms with Gasteiger partial charge in [0.1, 0.15) is 5.82 Å². The fourth-order valence-electron chi connectivity index (χ4n) is 2.84. The summed E-state index contributed by atoms with van der Waals surface area (Å²) in [6, 6.07) is 4.90. The van der Waals surface area contributed by atoms with Gasteiger partial charge >= 0.3 is 0 Å². The van der Waals surface area contributed by atoms with Crippen LogP contribution in [0.25, 0.3) is 10.8 Å². The Bertz CT molecular complexity index is 767. The number of nitrogens with one attached hydrogen (secondary N) is 1. The second-order valence-electron chi connectivity index (χ2n) is 5.34. The first-order valence-electron chi connectivity index (χ1n) is 6.93. The largest absolute Gasteiger partial charge is 0.385 e. The minimum atomic E-state index is -0.331. The van der Waals surface area contributed by atoms with Crippen molar-refractivity contribution in [2.24, 2.45) is 0 Å². The van der Waals surface area contributed by atoms with Crippen LogP contribution in [-0.2, 0) is 0 Å². The van der Waals surface area contributed by atoms with Crippen LogP contribution < -0.4 is 11.3 Å². The molecule has 1 fully saturated rings. The van der Waals surface area contributed by atoms with Gasteiger partial charge in [-0.1, -0.05) is 17.7 Å². The average Bonchev–Trinajstić information content (AvgIpc) is 2.92. The van der Waals surface area contributed by atoms with Gasteiger partial charge in [-0.2, -0.15) is 0 Å². The number of carbonyl (C=O) groups excluding carboxylic acids is 1. The number of hydrogen-bond acceptors (Lipinski definition) is 4. The average molecular weight is 342 g/mol. The van der Waals surface area contributed by atoms with Crippen molar-refractivity contribution in [2.75, 3.05) is 25.4 Å². The SMILES string of the molecule is Cl.Nc1[nH]c(=O)c2cc(Cl)ccc2c1C(=O)CN1CCCC1. The number of rotatable bonds is 3. The van der Waals surface area contributed by atoms with Gasteiger partial charge in [0.2, 0.25) is 0 Å². The molecule has 0 atom stereocenters. The lowest BCUT2D eigenvalue weighted by atomic mass is 10.0. The van der Waals surface area contributed by atoms with Crippen LogP contribution >= 0.6 is 24.0 Å². The second kappa shape index (κ2) is 6.69. The van der Waals surface area contributed by atoms with E-state index in [1.54, 1.807) is 18.2 Å². The number of Topliss-reactive ketones (excluding diaryl/α,β-unsaturated/α-hetero) is 1. The number of ketones is 1. The summed E-state index contributed by atoms with van der Waals surface area (Å²) in [5.41, 5.74) is 5.92. The number of carbonyl (C=O) groups is 1. The highest BCUT2D eigenvalue weighted by Gasteiger charge is 2.21. The zero-order valence-corrected chi connectivity index (χ0v) is 13.5. The van der Waals surface area contributed by atoms with Crippen LogP contribution in [0.15, 0.2) is 23.0 Å². The Morgan fingerprint density at radius 3 is 2.64 bits per heavy atom. The summed E-state index contributed by atoms with van der Waals surface area (Å²) in [5, 5.41) is 1.40. The topological polar surface area (TPSA) is 79.2 Å². The predicted molar refractivity (Wildman–Crippen MR) is 91.2 cm³/mol. The van der Waals surface area contributed by atoms with Gasteiger partial charge in [-0.05, 0) is 38.1 Å². The van der Waals surface area contributed by atoms with E-state index >= 15 is 0 Å². The monoisotopic (exact) mass is 341 g/mol. The van der Waals surface area contributed by atoms with Gasteiger partial charge in [0.15, 0.2) is 5.78 Å². The molecular formula is C15H17Cl2N3O2. The van der Waals surface area contributed by atoms with Crippen LogP contribution in [0.3, 0.4) is 0 Å². The molecule has 3 rings (SSSR count). The number of hydrogen-bond donors (Lipinski definition) is 2. The van der Waals surface area contributed by atoms with Crippen LogP contribution in [0.1, 0.15) is 23.2 Å². The lowest BCUT2D eigenvalue weighted by Gasteiger charge is -2.15. The van der Waals surface area contributed by atoms with Crippen molar-refractivity contribution in [1.29, 1.82) is 0 Å². The zero-order chi connectivity index (χ0) is 15.0. The van der Waals surface area contributed by atoms with Crippen LogP contribution in [0, 0.1) is 0 Å². The summed E-state index contributed by atoms with van der Waals surface area (Å²) in [6.45, 7) is 2.19. The highest BCUT2D eigenvalue weighted by molar-refractivity contribution is 6.31. The van der Waals surface area contributed by atoms with E-state index in [4.69, 9.17) is 17.3 Å². The number of H-pyrrole nitrogens is 1. The predicted octanol–water partition coefficient (Wildman–Crippen LogP) is 2.46. The van der Waals surface area contributed by atoms with Crippen molar-refractivity contribution in [3.63, 3.8) is 0 Å². The molecule has 0 amide bonds. The van der Waals surface area contributed by atoms with Crippen molar-refractivity contribution < 1.29 is 4.79 Å². The van der Waals surface area contributed by atoms with Gasteiger partial charge in [-0.25, -0.2) is 0 Å². The minimum Gasteiger partial charge on any atom is -0.385 e. The molecule has 118 valence electrons. The molecule has 7 heteroatoms. The molecule has 0 aliphatic carbocycles. The number of nitrogen functional groups attached to an aromatic ring is 1. The third kappa shape index (κ3) is 3.11. The molecule has 1 aromatic heterocycles. The highest BCUT2D eigenvalue weighted by atomic mass is 35.5. The van der Waals surface area contributed by atoms with Gasteiger partial charge in [0.25, 0.3) is 5.56 Å². The highest BCUT2D eigenvalue weighted by Crippen LogP contribution is 2.24. The van der Waals surface area contributed by atoms with E-state index in [9.17, 15) is 9.59 Å². The second-order valence-corrected chi connectivity index (χ2v) is 5.78. The summed E-state index contributed by atoms with van der Waals surface area (Å²) in [7, 11) is 0. The number of anilines is 1. The number of aromatic amines is 1. The molecule has 3 N–H and O–H groups in total. The molecule has 1 saturated heterocycles. The summed E-state index contributed by atoms with van der Waals surface area (Å²) in [4.78, 5) is 29.2.